The van der Waals surface area contributed by atoms with E-state index < -0.39 is 0 Å². The van der Waals surface area contributed by atoms with Crippen molar-refractivity contribution in [2.75, 3.05) is 12.0 Å². The molecule has 1 saturated heterocycles. The van der Waals surface area contributed by atoms with Crippen LogP contribution in [0.5, 0.6) is 5.75 Å². The fourth-order valence-corrected chi connectivity index (χ4v) is 5.08. The topological polar surface area (TPSA) is 50.5 Å². The van der Waals surface area contributed by atoms with Gasteiger partial charge in [0.2, 0.25) is 0 Å². The van der Waals surface area contributed by atoms with E-state index in [0.717, 1.165) is 32.9 Å². The van der Waals surface area contributed by atoms with Crippen molar-refractivity contribution in [2.45, 2.75) is 22.1 Å². The van der Waals surface area contributed by atoms with Gasteiger partial charge in [-0.05, 0) is 85.0 Å². The van der Waals surface area contributed by atoms with Crippen molar-refractivity contribution in [3.8, 4) is 5.75 Å². The second-order valence-corrected chi connectivity index (χ2v) is 9.31. The van der Waals surface area contributed by atoms with E-state index in [1.165, 1.54) is 0 Å². The highest BCUT2D eigenvalue weighted by Crippen LogP contribution is 2.43. The lowest BCUT2D eigenvalue weighted by molar-refractivity contribution is 0.383. The number of furan rings is 1. The number of pyridine rings is 1. The summed E-state index contributed by atoms with van der Waals surface area (Å²) in [6.45, 7) is 0. The Morgan fingerprint density at radius 2 is 1.82 bits per heavy atom. The molecule has 2 aromatic carbocycles. The van der Waals surface area contributed by atoms with E-state index in [2.05, 4.69) is 15.2 Å². The second kappa shape index (κ2) is 9.47. The predicted octanol–water partition coefficient (Wildman–Crippen LogP) is 6.66. The van der Waals surface area contributed by atoms with Crippen molar-refractivity contribution in [3.63, 3.8) is 0 Å². The van der Waals surface area contributed by atoms with Crippen LogP contribution in [-0.4, -0.2) is 17.2 Å². The number of methoxy groups -OCH3 is 1. The fraction of sp³-hybridized carbons (Fsp3) is 0.120. The van der Waals surface area contributed by atoms with Crippen LogP contribution in [0.15, 0.2) is 99.5 Å². The SMILES string of the molecule is COc1ccc(N2C(=S)N[C@H](c3ccccn3)[C@@H]2c2ccc(Sc3ccc(Cl)cc3)o2)cc1. The molecule has 8 heteroatoms. The Bertz CT molecular complexity index is 1250. The van der Waals surface area contributed by atoms with Gasteiger partial charge < -0.3 is 19.4 Å². The molecule has 1 N–H and O–H groups in total. The lowest BCUT2D eigenvalue weighted by Gasteiger charge is -2.26. The summed E-state index contributed by atoms with van der Waals surface area (Å²) in [6.07, 6.45) is 1.79. The summed E-state index contributed by atoms with van der Waals surface area (Å²) in [6, 6.07) is 25.0. The van der Waals surface area contributed by atoms with Crippen LogP contribution in [0, 0.1) is 0 Å². The molecule has 1 aliphatic rings. The molecule has 0 amide bonds. The average Bonchev–Trinajstić information content (AvgIpc) is 3.45. The van der Waals surface area contributed by atoms with Crippen LogP contribution < -0.4 is 15.0 Å². The number of anilines is 1. The van der Waals surface area contributed by atoms with Gasteiger partial charge in [0.25, 0.3) is 0 Å². The molecule has 0 radical (unpaired) electrons. The summed E-state index contributed by atoms with van der Waals surface area (Å²) in [5.74, 6) is 1.58. The van der Waals surface area contributed by atoms with Gasteiger partial charge in [0, 0.05) is 21.8 Å². The van der Waals surface area contributed by atoms with Gasteiger partial charge in [-0.2, -0.15) is 0 Å². The minimum atomic E-state index is -0.208. The Balaban J connectivity index is 1.51. The molecule has 3 heterocycles. The lowest BCUT2D eigenvalue weighted by atomic mass is 10.0. The van der Waals surface area contributed by atoms with Crippen molar-refractivity contribution >= 4 is 46.4 Å². The van der Waals surface area contributed by atoms with Crippen LogP contribution >= 0.6 is 35.6 Å². The van der Waals surface area contributed by atoms with Crippen molar-refractivity contribution in [1.82, 2.24) is 10.3 Å². The number of benzene rings is 2. The highest BCUT2D eigenvalue weighted by molar-refractivity contribution is 7.99. The highest BCUT2D eigenvalue weighted by Gasteiger charge is 2.42. The van der Waals surface area contributed by atoms with E-state index in [9.17, 15) is 0 Å². The zero-order valence-electron chi connectivity index (χ0n) is 17.6. The molecule has 33 heavy (non-hydrogen) atoms. The van der Waals surface area contributed by atoms with Crippen molar-refractivity contribution in [3.05, 3.63) is 102 Å². The molecular formula is C25H20ClN3O2S2. The summed E-state index contributed by atoms with van der Waals surface area (Å²) in [5, 5.41) is 5.56. The summed E-state index contributed by atoms with van der Waals surface area (Å²) in [5.41, 5.74) is 1.84. The molecule has 0 saturated carbocycles. The van der Waals surface area contributed by atoms with E-state index in [-0.39, 0.29) is 12.1 Å². The van der Waals surface area contributed by atoms with Crippen LogP contribution in [0.1, 0.15) is 23.5 Å². The number of halogens is 1. The fourth-order valence-electron chi connectivity index (χ4n) is 3.83. The molecule has 0 bridgehead atoms. The maximum Gasteiger partial charge on any atom is 0.174 e. The first-order valence-electron chi connectivity index (χ1n) is 10.3. The monoisotopic (exact) mass is 493 g/mol. The maximum absolute atomic E-state index is 6.33. The van der Waals surface area contributed by atoms with Crippen molar-refractivity contribution < 1.29 is 9.15 Å². The van der Waals surface area contributed by atoms with Crippen LogP contribution in [0.3, 0.4) is 0 Å². The minimum absolute atomic E-state index is 0.166. The van der Waals surface area contributed by atoms with Crippen molar-refractivity contribution in [2.24, 2.45) is 0 Å². The van der Waals surface area contributed by atoms with Gasteiger partial charge >= 0.3 is 0 Å². The predicted molar refractivity (Wildman–Crippen MR) is 135 cm³/mol. The van der Waals surface area contributed by atoms with E-state index in [1.807, 2.05) is 78.9 Å². The molecule has 5 nitrogen and oxygen atoms in total. The Hall–Kier alpha value is -3.00. The zero-order chi connectivity index (χ0) is 22.8. The van der Waals surface area contributed by atoms with E-state index in [4.69, 9.17) is 33.0 Å². The number of hydrogen-bond acceptors (Lipinski definition) is 5. The first-order chi connectivity index (χ1) is 16.1. The van der Waals surface area contributed by atoms with Gasteiger partial charge in [0.1, 0.15) is 17.6 Å². The zero-order valence-corrected chi connectivity index (χ0v) is 20.0. The number of hydrogen-bond donors (Lipinski definition) is 1. The number of thiocarbonyl (C=S) groups is 1. The third kappa shape index (κ3) is 4.57. The van der Waals surface area contributed by atoms with Gasteiger partial charge in [-0.15, -0.1) is 0 Å². The Morgan fingerprint density at radius 1 is 1.03 bits per heavy atom. The quantitative estimate of drug-likeness (QED) is 0.301. The van der Waals surface area contributed by atoms with Gasteiger partial charge in [-0.3, -0.25) is 4.98 Å². The molecular weight excluding hydrogens is 474 g/mol. The third-order valence-electron chi connectivity index (χ3n) is 5.37. The molecule has 2 aromatic heterocycles. The molecule has 0 spiro atoms. The maximum atomic E-state index is 6.33. The number of ether oxygens (including phenoxy) is 1. The molecule has 4 aromatic rings. The number of nitrogens with zero attached hydrogens (tertiary/aromatic N) is 2. The summed E-state index contributed by atoms with van der Waals surface area (Å²) < 4.78 is 11.7. The number of nitrogens with one attached hydrogen (secondary N) is 1. The van der Waals surface area contributed by atoms with Crippen LogP contribution in [0.2, 0.25) is 5.02 Å². The average molecular weight is 494 g/mol. The summed E-state index contributed by atoms with van der Waals surface area (Å²) >= 11 is 13.3. The van der Waals surface area contributed by atoms with Gasteiger partial charge in [-0.1, -0.05) is 29.4 Å². The smallest absolute Gasteiger partial charge is 0.174 e. The summed E-state index contributed by atoms with van der Waals surface area (Å²) in [7, 11) is 1.65. The molecule has 0 aliphatic carbocycles. The van der Waals surface area contributed by atoms with Crippen molar-refractivity contribution in [1.29, 1.82) is 0 Å². The first-order valence-corrected chi connectivity index (χ1v) is 11.9. The molecule has 1 aliphatic heterocycles. The first kappa shape index (κ1) is 21.8. The van der Waals surface area contributed by atoms with Gasteiger partial charge in [0.15, 0.2) is 10.2 Å². The van der Waals surface area contributed by atoms with Crippen LogP contribution in [-0.2, 0) is 0 Å². The Labute approximate surface area is 206 Å². The van der Waals surface area contributed by atoms with Crippen LogP contribution in [0.25, 0.3) is 0 Å². The van der Waals surface area contributed by atoms with E-state index >= 15 is 0 Å². The standard InChI is InChI=1S/C25H20ClN3O2S2/c1-30-18-9-7-17(8-10-18)29-24(23(28-25(29)32)20-4-2-3-15-27-20)21-13-14-22(31-21)33-19-11-5-16(26)6-12-19/h2-15,23-24H,1H3,(H,28,32)/t23-,24+/m1/s1. The molecule has 2 atom stereocenters. The molecule has 1 fully saturated rings. The Kier molecular flexibility index (Phi) is 6.26. The van der Waals surface area contributed by atoms with E-state index in [1.54, 1.807) is 25.1 Å². The largest absolute Gasteiger partial charge is 0.497 e. The molecule has 5 rings (SSSR count). The second-order valence-electron chi connectivity index (χ2n) is 7.41. The molecule has 0 unspecified atom stereocenters. The highest BCUT2D eigenvalue weighted by atomic mass is 35.5. The normalized spacial score (nSPS) is 17.8. The molecule has 166 valence electrons. The van der Waals surface area contributed by atoms with E-state index in [0.29, 0.717) is 10.1 Å². The van der Waals surface area contributed by atoms with Crippen LogP contribution in [0.4, 0.5) is 5.69 Å². The number of aromatic nitrogens is 1. The van der Waals surface area contributed by atoms with Gasteiger partial charge in [0.05, 0.1) is 18.8 Å². The number of rotatable bonds is 6. The third-order valence-corrected chi connectivity index (χ3v) is 6.87. The lowest BCUT2D eigenvalue weighted by Crippen LogP contribution is -2.29. The minimum Gasteiger partial charge on any atom is -0.497 e. The Morgan fingerprint density at radius 3 is 2.52 bits per heavy atom. The van der Waals surface area contributed by atoms with Gasteiger partial charge in [-0.25, -0.2) is 0 Å². The summed E-state index contributed by atoms with van der Waals surface area (Å²) in [4.78, 5) is 7.70.